The lowest BCUT2D eigenvalue weighted by Gasteiger charge is -2.31. The third-order valence-electron chi connectivity index (χ3n) is 5.33. The third kappa shape index (κ3) is 4.18. The van der Waals surface area contributed by atoms with Gasteiger partial charge < -0.3 is 14.9 Å². The van der Waals surface area contributed by atoms with Crippen LogP contribution in [0, 0.1) is 11.8 Å². The number of carbonyl (C=O) groups excluding carboxylic acids is 2. The molecule has 1 aliphatic heterocycles. The van der Waals surface area contributed by atoms with Gasteiger partial charge in [-0.05, 0) is 42.9 Å². The van der Waals surface area contributed by atoms with Crippen LogP contribution < -0.4 is 0 Å². The zero-order valence-electron chi connectivity index (χ0n) is 14.7. The zero-order chi connectivity index (χ0) is 18.8. The van der Waals surface area contributed by atoms with E-state index in [0.29, 0.717) is 31.0 Å². The molecular weight excluding hydrogens is 356 g/mol. The number of benzene rings is 1. The molecule has 2 amide bonds. The highest BCUT2D eigenvalue weighted by atomic mass is 35.5. The summed E-state index contributed by atoms with van der Waals surface area (Å²) in [5.74, 6) is -1.24. The van der Waals surface area contributed by atoms with Crippen LogP contribution in [-0.4, -0.2) is 59.4 Å². The Morgan fingerprint density at radius 1 is 1.27 bits per heavy atom. The number of carbonyl (C=O) groups is 3. The van der Waals surface area contributed by atoms with Crippen molar-refractivity contribution in [2.24, 2.45) is 11.8 Å². The van der Waals surface area contributed by atoms with Crippen molar-refractivity contribution < 1.29 is 19.5 Å². The molecule has 3 rings (SSSR count). The molecule has 7 heteroatoms. The molecule has 26 heavy (non-hydrogen) atoms. The van der Waals surface area contributed by atoms with Crippen molar-refractivity contribution in [2.45, 2.75) is 25.2 Å². The molecule has 0 bridgehead atoms. The SMILES string of the molecule is CN(CC(=O)N1CCC(C(=O)O)CC1)C(=O)C1CC1c1cccc(Cl)c1. The number of likely N-dealkylation sites (N-methyl/N-ethyl adjacent to an activating group) is 1. The highest BCUT2D eigenvalue weighted by Gasteiger charge is 2.45. The first-order chi connectivity index (χ1) is 12.4. The van der Waals surface area contributed by atoms with Crippen LogP contribution in [0.15, 0.2) is 24.3 Å². The van der Waals surface area contributed by atoms with Crippen LogP contribution in [0.1, 0.15) is 30.7 Å². The molecule has 1 N–H and O–H groups in total. The topological polar surface area (TPSA) is 77.9 Å². The van der Waals surface area contributed by atoms with Crippen LogP contribution in [0.25, 0.3) is 0 Å². The summed E-state index contributed by atoms with van der Waals surface area (Å²) in [4.78, 5) is 39.1. The van der Waals surface area contributed by atoms with E-state index in [1.165, 1.54) is 4.90 Å². The minimum absolute atomic E-state index is 0.0243. The molecule has 1 aromatic carbocycles. The van der Waals surface area contributed by atoms with Crippen molar-refractivity contribution in [1.29, 1.82) is 0 Å². The molecule has 2 aliphatic rings. The smallest absolute Gasteiger partial charge is 0.306 e. The van der Waals surface area contributed by atoms with Gasteiger partial charge in [-0.1, -0.05) is 23.7 Å². The molecule has 0 aromatic heterocycles. The van der Waals surface area contributed by atoms with E-state index in [2.05, 4.69) is 0 Å². The van der Waals surface area contributed by atoms with Gasteiger partial charge in [0.2, 0.25) is 11.8 Å². The maximum atomic E-state index is 12.6. The predicted octanol–water partition coefficient (Wildman–Crippen LogP) is 2.23. The fraction of sp³-hybridized carbons (Fsp3) is 0.526. The molecule has 1 aromatic rings. The lowest BCUT2D eigenvalue weighted by Crippen LogP contribution is -2.45. The Bertz CT molecular complexity index is 715. The van der Waals surface area contributed by atoms with Crippen molar-refractivity contribution in [3.63, 3.8) is 0 Å². The van der Waals surface area contributed by atoms with Crippen molar-refractivity contribution in [1.82, 2.24) is 9.80 Å². The summed E-state index contributed by atoms with van der Waals surface area (Å²) in [7, 11) is 1.65. The Balaban J connectivity index is 1.49. The standard InChI is InChI=1S/C19H23ClN2O4/c1-21(11-17(23)22-7-5-12(6-8-22)19(25)26)18(24)16-10-15(16)13-3-2-4-14(20)9-13/h2-4,9,12,15-16H,5-8,10-11H2,1H3,(H,25,26). The summed E-state index contributed by atoms with van der Waals surface area (Å²) in [6.45, 7) is 0.911. The number of aliphatic carboxylic acids is 1. The van der Waals surface area contributed by atoms with E-state index in [1.807, 2.05) is 24.3 Å². The van der Waals surface area contributed by atoms with E-state index in [-0.39, 0.29) is 36.1 Å². The number of amides is 2. The van der Waals surface area contributed by atoms with Gasteiger partial charge in [-0.2, -0.15) is 0 Å². The molecule has 0 radical (unpaired) electrons. The summed E-state index contributed by atoms with van der Waals surface area (Å²) < 4.78 is 0. The largest absolute Gasteiger partial charge is 0.481 e. The quantitative estimate of drug-likeness (QED) is 0.852. The number of halogens is 1. The van der Waals surface area contributed by atoms with Gasteiger partial charge in [0.05, 0.1) is 12.5 Å². The highest BCUT2D eigenvalue weighted by Crippen LogP contribution is 2.48. The number of hydrogen-bond donors (Lipinski definition) is 1. The Labute approximate surface area is 157 Å². The number of carboxylic acid groups (broad SMARTS) is 1. The fourth-order valence-corrected chi connectivity index (χ4v) is 3.81. The van der Waals surface area contributed by atoms with Crippen LogP contribution in [0.2, 0.25) is 5.02 Å². The lowest BCUT2D eigenvalue weighted by atomic mass is 9.97. The molecular formula is C19H23ClN2O4. The maximum Gasteiger partial charge on any atom is 0.306 e. The third-order valence-corrected chi connectivity index (χ3v) is 5.57. The molecule has 2 fully saturated rings. The molecule has 1 heterocycles. The van der Waals surface area contributed by atoms with E-state index < -0.39 is 5.97 Å². The molecule has 6 nitrogen and oxygen atoms in total. The van der Waals surface area contributed by atoms with Gasteiger partial charge in [0.25, 0.3) is 0 Å². The normalized spacial score (nSPS) is 22.8. The molecule has 1 aliphatic carbocycles. The predicted molar refractivity (Wildman–Crippen MR) is 96.9 cm³/mol. The summed E-state index contributed by atoms with van der Waals surface area (Å²) in [5, 5.41) is 9.68. The maximum absolute atomic E-state index is 12.6. The second-order valence-electron chi connectivity index (χ2n) is 7.19. The Morgan fingerprint density at radius 2 is 1.96 bits per heavy atom. The molecule has 1 saturated heterocycles. The average Bonchev–Trinajstić information content (AvgIpc) is 3.41. The van der Waals surface area contributed by atoms with Crippen molar-refractivity contribution in [2.75, 3.05) is 26.7 Å². The Kier molecular flexibility index (Phi) is 5.51. The first kappa shape index (κ1) is 18.7. The minimum Gasteiger partial charge on any atom is -0.481 e. The van der Waals surface area contributed by atoms with E-state index in [0.717, 1.165) is 12.0 Å². The fourth-order valence-electron chi connectivity index (χ4n) is 3.61. The zero-order valence-corrected chi connectivity index (χ0v) is 15.5. The van der Waals surface area contributed by atoms with Gasteiger partial charge in [-0.3, -0.25) is 14.4 Å². The second kappa shape index (κ2) is 7.66. The second-order valence-corrected chi connectivity index (χ2v) is 7.63. The number of nitrogens with zero attached hydrogens (tertiary/aromatic N) is 2. The number of likely N-dealkylation sites (tertiary alicyclic amines) is 1. The van der Waals surface area contributed by atoms with E-state index >= 15 is 0 Å². The van der Waals surface area contributed by atoms with Crippen LogP contribution in [0.5, 0.6) is 0 Å². The van der Waals surface area contributed by atoms with Crippen LogP contribution in [0.4, 0.5) is 0 Å². The van der Waals surface area contributed by atoms with Gasteiger partial charge in [-0.25, -0.2) is 0 Å². The summed E-state index contributed by atoms with van der Waals surface area (Å²) in [5.41, 5.74) is 1.06. The number of piperidine rings is 1. The van der Waals surface area contributed by atoms with Crippen LogP contribution >= 0.6 is 11.6 Å². The van der Waals surface area contributed by atoms with Crippen molar-refractivity contribution in [3.05, 3.63) is 34.9 Å². The molecule has 1 saturated carbocycles. The number of hydrogen-bond acceptors (Lipinski definition) is 3. The molecule has 2 unspecified atom stereocenters. The average molecular weight is 379 g/mol. The minimum atomic E-state index is -0.801. The number of rotatable bonds is 5. The van der Waals surface area contributed by atoms with E-state index in [9.17, 15) is 14.4 Å². The van der Waals surface area contributed by atoms with E-state index in [4.69, 9.17) is 16.7 Å². The van der Waals surface area contributed by atoms with Crippen LogP contribution in [-0.2, 0) is 14.4 Å². The van der Waals surface area contributed by atoms with E-state index in [1.54, 1.807) is 11.9 Å². The number of carboxylic acids is 1. The van der Waals surface area contributed by atoms with Crippen molar-refractivity contribution in [3.8, 4) is 0 Å². The van der Waals surface area contributed by atoms with Crippen molar-refractivity contribution >= 4 is 29.4 Å². The van der Waals surface area contributed by atoms with Gasteiger partial charge in [0.1, 0.15) is 0 Å². The van der Waals surface area contributed by atoms with Crippen LogP contribution in [0.3, 0.4) is 0 Å². The molecule has 0 spiro atoms. The first-order valence-electron chi connectivity index (χ1n) is 8.88. The summed E-state index contributed by atoms with van der Waals surface area (Å²) in [6.07, 6.45) is 1.72. The lowest BCUT2D eigenvalue weighted by molar-refractivity contribution is -0.146. The Morgan fingerprint density at radius 3 is 2.58 bits per heavy atom. The summed E-state index contributed by atoms with van der Waals surface area (Å²) in [6, 6.07) is 7.55. The van der Waals surface area contributed by atoms with Gasteiger partial charge in [0.15, 0.2) is 0 Å². The van der Waals surface area contributed by atoms with Gasteiger partial charge in [0, 0.05) is 31.1 Å². The summed E-state index contributed by atoms with van der Waals surface area (Å²) >= 11 is 6.01. The van der Waals surface area contributed by atoms with Gasteiger partial charge in [-0.15, -0.1) is 0 Å². The molecule has 140 valence electrons. The first-order valence-corrected chi connectivity index (χ1v) is 9.25. The monoisotopic (exact) mass is 378 g/mol. The van der Waals surface area contributed by atoms with Gasteiger partial charge >= 0.3 is 5.97 Å². The Hall–Kier alpha value is -2.08. The highest BCUT2D eigenvalue weighted by molar-refractivity contribution is 6.30. The molecule has 2 atom stereocenters.